The number of aliphatic carboxylic acids is 1. The monoisotopic (exact) mass is 331 g/mol. The second-order valence-corrected chi connectivity index (χ2v) is 5.32. The number of carboxylic acid groups (broad SMARTS) is 1. The summed E-state index contributed by atoms with van der Waals surface area (Å²) in [7, 11) is 0. The molecule has 0 saturated carbocycles. The molecule has 1 atom stereocenters. The van der Waals surface area contributed by atoms with Gasteiger partial charge in [0.25, 0.3) is 5.91 Å². The molecule has 5 nitrogen and oxygen atoms in total. The molecule has 1 fully saturated rings. The summed E-state index contributed by atoms with van der Waals surface area (Å²) < 4.78 is 44.6. The topological polar surface area (TPSA) is 66.8 Å². The number of alkyl halides is 3. The number of benzene rings is 1. The molecule has 1 aliphatic heterocycles. The van der Waals surface area contributed by atoms with Crippen LogP contribution in [0.5, 0.6) is 5.75 Å². The van der Waals surface area contributed by atoms with Crippen molar-refractivity contribution >= 4 is 11.9 Å². The molecule has 1 aromatic rings. The number of amides is 1. The number of hydrogen-bond donors (Lipinski definition) is 1. The molecule has 1 aliphatic rings. The van der Waals surface area contributed by atoms with Gasteiger partial charge in [0.15, 0.2) is 5.41 Å². The van der Waals surface area contributed by atoms with E-state index in [1.807, 2.05) is 0 Å². The summed E-state index contributed by atoms with van der Waals surface area (Å²) in [6.07, 6.45) is -5.57. The highest BCUT2D eigenvalue weighted by Crippen LogP contribution is 2.46. The quantitative estimate of drug-likeness (QED) is 0.921. The molecular weight excluding hydrogens is 315 g/mol. The van der Waals surface area contributed by atoms with Crippen LogP contribution in [0.4, 0.5) is 13.2 Å². The fourth-order valence-electron chi connectivity index (χ4n) is 2.58. The van der Waals surface area contributed by atoms with Gasteiger partial charge in [0, 0.05) is 18.7 Å². The first-order valence-corrected chi connectivity index (χ1v) is 7.03. The van der Waals surface area contributed by atoms with E-state index in [0.717, 1.165) is 4.90 Å². The van der Waals surface area contributed by atoms with Crippen molar-refractivity contribution in [2.75, 3.05) is 19.7 Å². The van der Waals surface area contributed by atoms with Gasteiger partial charge >= 0.3 is 12.1 Å². The fourth-order valence-corrected chi connectivity index (χ4v) is 2.58. The van der Waals surface area contributed by atoms with Crippen LogP contribution in [0.25, 0.3) is 0 Å². The lowest BCUT2D eigenvalue weighted by Gasteiger charge is -2.27. The van der Waals surface area contributed by atoms with E-state index in [1.165, 1.54) is 12.1 Å². The van der Waals surface area contributed by atoms with E-state index in [2.05, 4.69) is 0 Å². The van der Waals surface area contributed by atoms with Crippen molar-refractivity contribution in [1.29, 1.82) is 0 Å². The number of likely N-dealkylation sites (tertiary alicyclic amines) is 1. The first kappa shape index (κ1) is 17.1. The molecular formula is C15H16F3NO4. The molecule has 23 heavy (non-hydrogen) atoms. The Hall–Kier alpha value is -2.25. The molecule has 1 aromatic carbocycles. The smallest absolute Gasteiger partial charge is 0.406 e. The molecule has 0 aliphatic carbocycles. The van der Waals surface area contributed by atoms with Crippen LogP contribution in [0.2, 0.25) is 0 Å². The third-order valence-corrected chi connectivity index (χ3v) is 3.90. The molecule has 1 amide bonds. The van der Waals surface area contributed by atoms with Gasteiger partial charge in [0.1, 0.15) is 5.75 Å². The van der Waals surface area contributed by atoms with E-state index in [0.29, 0.717) is 12.4 Å². The van der Waals surface area contributed by atoms with E-state index in [-0.39, 0.29) is 12.1 Å². The lowest BCUT2D eigenvalue weighted by atomic mass is 9.86. The predicted octanol–water partition coefficient (Wildman–Crippen LogP) is 2.56. The molecule has 1 heterocycles. The number of carboxylic acids is 1. The fraction of sp³-hybridized carbons (Fsp3) is 0.467. The number of halogens is 3. The van der Waals surface area contributed by atoms with Gasteiger partial charge in [-0.25, -0.2) is 0 Å². The van der Waals surface area contributed by atoms with Crippen molar-refractivity contribution in [2.24, 2.45) is 5.41 Å². The molecule has 1 unspecified atom stereocenters. The number of ether oxygens (including phenoxy) is 1. The Morgan fingerprint density at radius 1 is 1.39 bits per heavy atom. The van der Waals surface area contributed by atoms with Gasteiger partial charge in [-0.2, -0.15) is 13.2 Å². The lowest BCUT2D eigenvalue weighted by molar-refractivity contribution is -0.227. The summed E-state index contributed by atoms with van der Waals surface area (Å²) in [5.74, 6) is -2.17. The predicted molar refractivity (Wildman–Crippen MR) is 74.3 cm³/mol. The van der Waals surface area contributed by atoms with E-state index in [9.17, 15) is 22.8 Å². The summed E-state index contributed by atoms with van der Waals surface area (Å²) in [6, 6.07) is 6.07. The number of carbonyl (C=O) groups excluding carboxylic acids is 1. The van der Waals surface area contributed by atoms with Crippen molar-refractivity contribution in [3.8, 4) is 5.75 Å². The zero-order valence-corrected chi connectivity index (χ0v) is 12.4. The first-order chi connectivity index (χ1) is 10.7. The summed E-state index contributed by atoms with van der Waals surface area (Å²) >= 11 is 0. The molecule has 2 rings (SSSR count). The second kappa shape index (κ2) is 6.10. The SMILES string of the molecule is CCOc1cccc(C(=O)N2CCC(C(=O)O)(C(F)(F)F)C2)c1. The van der Waals surface area contributed by atoms with Crippen molar-refractivity contribution in [3.63, 3.8) is 0 Å². The average molecular weight is 331 g/mol. The maximum Gasteiger partial charge on any atom is 0.406 e. The Bertz CT molecular complexity index is 617. The Morgan fingerprint density at radius 3 is 2.61 bits per heavy atom. The zero-order chi connectivity index (χ0) is 17.3. The average Bonchev–Trinajstić information content (AvgIpc) is 2.93. The molecule has 0 radical (unpaired) electrons. The van der Waals surface area contributed by atoms with Gasteiger partial charge in [0.05, 0.1) is 6.61 Å². The normalized spacial score (nSPS) is 21.3. The number of hydrogen-bond acceptors (Lipinski definition) is 3. The molecule has 0 spiro atoms. The maximum atomic E-state index is 13.1. The first-order valence-electron chi connectivity index (χ1n) is 7.03. The zero-order valence-electron chi connectivity index (χ0n) is 12.4. The van der Waals surface area contributed by atoms with E-state index < -0.39 is 36.4 Å². The molecule has 8 heteroatoms. The Balaban J connectivity index is 2.22. The third-order valence-electron chi connectivity index (χ3n) is 3.90. The van der Waals surface area contributed by atoms with Crippen molar-refractivity contribution in [3.05, 3.63) is 29.8 Å². The second-order valence-electron chi connectivity index (χ2n) is 5.32. The van der Waals surface area contributed by atoms with Crippen LogP contribution < -0.4 is 4.74 Å². The molecule has 0 aromatic heterocycles. The van der Waals surface area contributed by atoms with Crippen LogP contribution >= 0.6 is 0 Å². The number of nitrogens with zero attached hydrogens (tertiary/aromatic N) is 1. The minimum absolute atomic E-state index is 0.166. The van der Waals surface area contributed by atoms with Crippen LogP contribution in [0.15, 0.2) is 24.3 Å². The van der Waals surface area contributed by atoms with E-state index in [4.69, 9.17) is 9.84 Å². The number of carbonyl (C=O) groups is 2. The summed E-state index contributed by atoms with van der Waals surface area (Å²) in [4.78, 5) is 24.4. The lowest BCUT2D eigenvalue weighted by Crippen LogP contribution is -2.47. The van der Waals surface area contributed by atoms with Crippen LogP contribution in [0.1, 0.15) is 23.7 Å². The Morgan fingerprint density at radius 2 is 2.09 bits per heavy atom. The largest absolute Gasteiger partial charge is 0.494 e. The highest BCUT2D eigenvalue weighted by atomic mass is 19.4. The van der Waals surface area contributed by atoms with Crippen molar-refractivity contribution in [1.82, 2.24) is 4.90 Å². The van der Waals surface area contributed by atoms with Crippen molar-refractivity contribution in [2.45, 2.75) is 19.5 Å². The Labute approximate surface area is 130 Å². The number of rotatable bonds is 4. The van der Waals surface area contributed by atoms with Crippen LogP contribution in [0, 0.1) is 5.41 Å². The Kier molecular flexibility index (Phi) is 4.53. The molecule has 126 valence electrons. The maximum absolute atomic E-state index is 13.1. The standard InChI is InChI=1S/C15H16F3NO4/c1-2-23-11-5-3-4-10(8-11)12(20)19-7-6-14(9-19,13(21)22)15(16,17)18/h3-5,8H,2,6-7,9H2,1H3,(H,21,22). The summed E-state index contributed by atoms with van der Waals surface area (Å²) in [6.45, 7) is 1.00. The van der Waals surface area contributed by atoms with Gasteiger partial charge in [-0.3, -0.25) is 9.59 Å². The van der Waals surface area contributed by atoms with E-state index in [1.54, 1.807) is 19.1 Å². The van der Waals surface area contributed by atoms with Gasteiger partial charge in [-0.05, 0) is 31.5 Å². The summed E-state index contributed by atoms with van der Waals surface area (Å²) in [5.41, 5.74) is -2.74. The molecule has 1 N–H and O–H groups in total. The summed E-state index contributed by atoms with van der Waals surface area (Å²) in [5, 5.41) is 9.01. The minimum atomic E-state index is -4.92. The highest BCUT2D eigenvalue weighted by molar-refractivity contribution is 5.95. The molecule has 1 saturated heterocycles. The van der Waals surface area contributed by atoms with Gasteiger partial charge < -0.3 is 14.7 Å². The highest BCUT2D eigenvalue weighted by Gasteiger charge is 2.64. The van der Waals surface area contributed by atoms with E-state index >= 15 is 0 Å². The van der Waals surface area contributed by atoms with Crippen LogP contribution in [0.3, 0.4) is 0 Å². The van der Waals surface area contributed by atoms with Crippen LogP contribution in [-0.4, -0.2) is 47.8 Å². The van der Waals surface area contributed by atoms with Gasteiger partial charge in [-0.15, -0.1) is 0 Å². The van der Waals surface area contributed by atoms with Crippen LogP contribution in [-0.2, 0) is 4.79 Å². The minimum Gasteiger partial charge on any atom is -0.494 e. The van der Waals surface area contributed by atoms with Crippen molar-refractivity contribution < 1.29 is 32.6 Å². The van der Waals surface area contributed by atoms with Gasteiger partial charge in [0.2, 0.25) is 0 Å². The molecule has 0 bridgehead atoms. The van der Waals surface area contributed by atoms with Gasteiger partial charge in [-0.1, -0.05) is 6.07 Å². The third kappa shape index (κ3) is 3.11.